The van der Waals surface area contributed by atoms with Gasteiger partial charge in [-0.15, -0.1) is 0 Å². The molecule has 1 unspecified atom stereocenters. The number of fused-ring (bicyclic) bond motifs is 1. The molecule has 3 aromatic carbocycles. The summed E-state index contributed by atoms with van der Waals surface area (Å²) in [5.41, 5.74) is 7.87. The molecule has 0 bridgehead atoms. The van der Waals surface area contributed by atoms with Crippen LogP contribution in [-0.4, -0.2) is 13.0 Å². The molecule has 7 heteroatoms. The number of nitrogen functional groups attached to an aromatic ring is 1. The first-order valence-electron chi connectivity index (χ1n) is 8.42. The second-order valence-corrected chi connectivity index (χ2v) is 8.03. The van der Waals surface area contributed by atoms with Gasteiger partial charge in [0.25, 0.3) is 0 Å². The molecule has 3 N–H and O–H groups in total. The number of carbonyl (C=O) groups is 1. The molecular weight excluding hydrogens is 363 g/mol. The van der Waals surface area contributed by atoms with Gasteiger partial charge in [0, 0.05) is 30.7 Å². The maximum Gasteiger partial charge on any atom is 0.437 e. The summed E-state index contributed by atoms with van der Waals surface area (Å²) in [4.78, 5) is 11.6. The van der Waals surface area contributed by atoms with Gasteiger partial charge < -0.3 is 20.1 Å². The van der Waals surface area contributed by atoms with Gasteiger partial charge in [0.05, 0.1) is 6.16 Å². The highest BCUT2D eigenvalue weighted by Gasteiger charge is 2.30. The number of nitrogens with two attached hydrogens (primary N) is 1. The van der Waals surface area contributed by atoms with Crippen molar-refractivity contribution in [3.8, 4) is 5.75 Å². The fraction of sp³-hybridized carbons (Fsp3) is 0.150. The Morgan fingerprint density at radius 3 is 2.52 bits per heavy atom. The summed E-state index contributed by atoms with van der Waals surface area (Å²) in [6.45, 7) is 1.21. The van der Waals surface area contributed by atoms with Gasteiger partial charge in [-0.3, -0.25) is 4.79 Å². The summed E-state index contributed by atoms with van der Waals surface area (Å²) in [7, 11) is -1.96. The zero-order chi connectivity index (χ0) is 19.4. The Labute approximate surface area is 157 Å². The number of rotatable bonds is 6. The first-order valence-corrected chi connectivity index (χ1v) is 10.1. The summed E-state index contributed by atoms with van der Waals surface area (Å²) in [6, 6.07) is 18.1. The van der Waals surface area contributed by atoms with Crippen LogP contribution in [0, 0.1) is 0 Å². The largest absolute Gasteiger partial charge is 0.437 e. The third-order valence-electron chi connectivity index (χ3n) is 3.99. The quantitative estimate of drug-likeness (QED) is 0.469. The van der Waals surface area contributed by atoms with Crippen LogP contribution in [0.15, 0.2) is 60.7 Å². The highest BCUT2D eigenvalue weighted by Crippen LogP contribution is 2.52. The van der Waals surface area contributed by atoms with Crippen molar-refractivity contribution in [3.05, 3.63) is 66.2 Å². The van der Waals surface area contributed by atoms with Crippen molar-refractivity contribution in [1.29, 1.82) is 0 Å². The lowest BCUT2D eigenvalue weighted by Crippen LogP contribution is -2.06. The molecule has 0 heterocycles. The Hall–Kier alpha value is -2.98. The van der Waals surface area contributed by atoms with Crippen LogP contribution in [0.1, 0.15) is 12.5 Å². The maximum atomic E-state index is 13.3. The SMILES string of the molecule is CNc1ccc2cccc(OP(=O)(Cc3ccc(N)cc3)OC(C)=O)c2c1. The molecule has 0 saturated carbocycles. The van der Waals surface area contributed by atoms with E-state index in [4.69, 9.17) is 14.8 Å². The zero-order valence-electron chi connectivity index (χ0n) is 15.1. The van der Waals surface area contributed by atoms with Crippen LogP contribution in [0.2, 0.25) is 0 Å². The third-order valence-corrected chi connectivity index (χ3v) is 5.75. The molecule has 0 aliphatic heterocycles. The minimum atomic E-state index is -3.77. The van der Waals surface area contributed by atoms with Gasteiger partial charge in [0.1, 0.15) is 5.75 Å². The maximum absolute atomic E-state index is 13.3. The first kappa shape index (κ1) is 18.8. The number of hydrogen-bond acceptors (Lipinski definition) is 6. The third kappa shape index (κ3) is 4.60. The van der Waals surface area contributed by atoms with Gasteiger partial charge in [-0.05, 0) is 41.3 Å². The molecule has 0 spiro atoms. The summed E-state index contributed by atoms with van der Waals surface area (Å²) >= 11 is 0. The Balaban J connectivity index is 1.99. The van der Waals surface area contributed by atoms with E-state index in [1.165, 1.54) is 6.92 Å². The van der Waals surface area contributed by atoms with Crippen molar-refractivity contribution in [3.63, 3.8) is 0 Å². The Morgan fingerprint density at radius 2 is 1.85 bits per heavy atom. The molecule has 0 aliphatic carbocycles. The van der Waals surface area contributed by atoms with Crippen LogP contribution in [0.5, 0.6) is 5.75 Å². The highest BCUT2D eigenvalue weighted by molar-refractivity contribution is 7.54. The van der Waals surface area contributed by atoms with Crippen molar-refractivity contribution < 1.29 is 18.4 Å². The standard InChI is InChI=1S/C20H21N2O4P/c1-14(23)25-27(24,13-15-6-9-17(21)10-7-15)26-20-5-3-4-16-8-11-18(22-2)12-19(16)20/h3-12,22H,13,21H2,1-2H3. The Kier molecular flexibility index (Phi) is 5.38. The molecule has 1 atom stereocenters. The lowest BCUT2D eigenvalue weighted by molar-refractivity contribution is -0.132. The van der Waals surface area contributed by atoms with E-state index >= 15 is 0 Å². The molecule has 6 nitrogen and oxygen atoms in total. The monoisotopic (exact) mass is 384 g/mol. The van der Waals surface area contributed by atoms with Crippen LogP contribution < -0.4 is 15.6 Å². The van der Waals surface area contributed by atoms with Crippen LogP contribution in [0.4, 0.5) is 11.4 Å². The molecule has 3 rings (SSSR count). The van der Waals surface area contributed by atoms with Crippen LogP contribution in [0.25, 0.3) is 10.8 Å². The van der Waals surface area contributed by atoms with Crippen LogP contribution in [0.3, 0.4) is 0 Å². The van der Waals surface area contributed by atoms with Gasteiger partial charge in [-0.1, -0.05) is 30.3 Å². The van der Waals surface area contributed by atoms with E-state index in [0.717, 1.165) is 16.5 Å². The predicted molar refractivity (Wildman–Crippen MR) is 108 cm³/mol. The molecular formula is C20H21N2O4P. The summed E-state index contributed by atoms with van der Waals surface area (Å²) < 4.78 is 24.3. The van der Waals surface area contributed by atoms with Crippen molar-refractivity contribution in [2.45, 2.75) is 13.1 Å². The molecule has 0 amide bonds. The number of carbonyl (C=O) groups excluding carboxylic acids is 1. The van der Waals surface area contributed by atoms with E-state index in [1.54, 1.807) is 36.4 Å². The van der Waals surface area contributed by atoms with E-state index in [2.05, 4.69) is 5.32 Å². The van der Waals surface area contributed by atoms with Gasteiger partial charge >= 0.3 is 13.6 Å². The van der Waals surface area contributed by atoms with Gasteiger partial charge in [-0.2, -0.15) is 0 Å². The van der Waals surface area contributed by atoms with Crippen molar-refractivity contribution in [1.82, 2.24) is 0 Å². The topological polar surface area (TPSA) is 90.7 Å². The van der Waals surface area contributed by atoms with E-state index in [-0.39, 0.29) is 6.16 Å². The summed E-state index contributed by atoms with van der Waals surface area (Å²) in [6.07, 6.45) is -0.0467. The lowest BCUT2D eigenvalue weighted by atomic mass is 10.1. The Morgan fingerprint density at radius 1 is 1.11 bits per heavy atom. The van der Waals surface area contributed by atoms with Crippen molar-refractivity contribution in [2.75, 3.05) is 18.1 Å². The molecule has 0 fully saturated rings. The second kappa shape index (κ2) is 7.72. The highest BCUT2D eigenvalue weighted by atomic mass is 31.2. The number of hydrogen-bond donors (Lipinski definition) is 2. The fourth-order valence-corrected chi connectivity index (χ4v) is 4.43. The molecule has 0 aromatic heterocycles. The molecule has 140 valence electrons. The van der Waals surface area contributed by atoms with Gasteiger partial charge in [-0.25, -0.2) is 4.57 Å². The number of nitrogens with one attached hydrogen (secondary N) is 1. The average Bonchev–Trinajstić information content (AvgIpc) is 2.63. The van der Waals surface area contributed by atoms with Crippen molar-refractivity contribution in [2.24, 2.45) is 0 Å². The minimum Gasteiger partial charge on any atom is -0.415 e. The molecule has 0 radical (unpaired) electrons. The summed E-state index contributed by atoms with van der Waals surface area (Å²) in [5.74, 6) is -0.269. The molecule has 3 aromatic rings. The minimum absolute atomic E-state index is 0.0467. The second-order valence-electron chi connectivity index (χ2n) is 6.13. The summed E-state index contributed by atoms with van der Waals surface area (Å²) in [5, 5.41) is 4.76. The van der Waals surface area contributed by atoms with Gasteiger partial charge in [0.15, 0.2) is 0 Å². The van der Waals surface area contributed by atoms with E-state index in [9.17, 15) is 9.36 Å². The van der Waals surface area contributed by atoms with E-state index in [1.807, 2.05) is 31.3 Å². The van der Waals surface area contributed by atoms with Crippen LogP contribution >= 0.6 is 7.60 Å². The zero-order valence-corrected chi connectivity index (χ0v) is 16.0. The first-order chi connectivity index (χ1) is 12.9. The van der Waals surface area contributed by atoms with E-state index in [0.29, 0.717) is 17.0 Å². The van der Waals surface area contributed by atoms with E-state index < -0.39 is 13.6 Å². The number of anilines is 2. The van der Waals surface area contributed by atoms with Crippen LogP contribution in [-0.2, 0) is 20.0 Å². The normalized spacial score (nSPS) is 13.0. The fourth-order valence-electron chi connectivity index (χ4n) is 2.75. The van der Waals surface area contributed by atoms with Crippen molar-refractivity contribution >= 4 is 35.7 Å². The molecule has 27 heavy (non-hydrogen) atoms. The molecule has 0 aliphatic rings. The predicted octanol–water partition coefficient (Wildman–Crippen LogP) is 4.80. The number of benzene rings is 3. The Bertz CT molecular complexity index is 1020. The average molecular weight is 384 g/mol. The van der Waals surface area contributed by atoms with Gasteiger partial charge in [0.2, 0.25) is 0 Å². The molecule has 0 saturated heterocycles. The lowest BCUT2D eigenvalue weighted by Gasteiger charge is -2.20. The smallest absolute Gasteiger partial charge is 0.415 e.